The molecule has 4 aromatic rings. The third-order valence-electron chi connectivity index (χ3n) is 5.15. The van der Waals surface area contributed by atoms with Crippen molar-refractivity contribution in [2.24, 2.45) is 0 Å². The van der Waals surface area contributed by atoms with Crippen LogP contribution in [0.15, 0.2) is 67.4 Å². The number of nitrogen functional groups attached to an aromatic ring is 2. The van der Waals surface area contributed by atoms with Gasteiger partial charge in [-0.3, -0.25) is 0 Å². The van der Waals surface area contributed by atoms with E-state index in [9.17, 15) is 16.8 Å². The van der Waals surface area contributed by atoms with E-state index in [0.717, 1.165) is 0 Å². The van der Waals surface area contributed by atoms with Crippen LogP contribution in [0.4, 0.5) is 23.1 Å². The standard InChI is InChI=1S/2C11H13N3O3S.Ni/c2*1-7-8(2)13-17-11(7)14-18(15,16)10-5-3-9(12)4-6-10;/h2*3-6,14H,12H2,1-2H3;. The van der Waals surface area contributed by atoms with Crippen molar-refractivity contribution in [3.05, 3.63) is 71.0 Å². The fourth-order valence-corrected chi connectivity index (χ4v) is 4.77. The molecule has 2 aromatic heterocycles. The molecule has 0 fully saturated rings. The predicted octanol–water partition coefficient (Wildman–Crippen LogP) is 3.35. The minimum absolute atomic E-state index is 0. The van der Waals surface area contributed by atoms with Crippen molar-refractivity contribution in [2.75, 3.05) is 20.9 Å². The van der Waals surface area contributed by atoms with Gasteiger partial charge in [-0.1, -0.05) is 10.3 Å². The van der Waals surface area contributed by atoms with Crippen molar-refractivity contribution in [3.63, 3.8) is 0 Å². The monoisotopic (exact) mass is 592 g/mol. The maximum Gasteiger partial charge on any atom is 0.264 e. The Morgan fingerprint density at radius 3 is 1.16 bits per heavy atom. The van der Waals surface area contributed by atoms with Gasteiger partial charge in [-0.05, 0) is 76.2 Å². The molecule has 0 aliphatic carbocycles. The molecule has 0 amide bonds. The van der Waals surface area contributed by atoms with Crippen LogP contribution in [0.3, 0.4) is 0 Å². The Bertz CT molecular complexity index is 1450. The van der Waals surface area contributed by atoms with Gasteiger partial charge in [-0.15, -0.1) is 0 Å². The zero-order chi connectivity index (χ0) is 26.7. The van der Waals surface area contributed by atoms with E-state index in [1.54, 1.807) is 27.7 Å². The van der Waals surface area contributed by atoms with Crippen LogP contribution in [-0.2, 0) is 36.5 Å². The van der Waals surface area contributed by atoms with Crippen LogP contribution in [0.5, 0.6) is 0 Å². The maximum atomic E-state index is 12.0. The van der Waals surface area contributed by atoms with Crippen LogP contribution in [0.2, 0.25) is 0 Å². The number of nitrogens with two attached hydrogens (primary N) is 2. The molecule has 202 valence electrons. The molecule has 0 spiro atoms. The molecule has 0 saturated heterocycles. The first-order valence-electron chi connectivity index (χ1n) is 10.4. The number of sulfonamides is 2. The Balaban J connectivity index is 0.000000253. The number of nitrogens with one attached hydrogen (secondary N) is 2. The summed E-state index contributed by atoms with van der Waals surface area (Å²) >= 11 is 0. The smallest absolute Gasteiger partial charge is 0.264 e. The van der Waals surface area contributed by atoms with Gasteiger partial charge in [0.15, 0.2) is 0 Å². The SMILES string of the molecule is Cc1noc(NS(=O)(=O)c2ccc(N)cc2)c1C.Cc1noc(NS(=O)(=O)c2ccc(N)cc2)c1C.[Ni]. The van der Waals surface area contributed by atoms with Gasteiger partial charge in [0.1, 0.15) is 0 Å². The molecular formula is C22H26N6NiO6S2. The molecule has 2 aromatic carbocycles. The summed E-state index contributed by atoms with van der Waals surface area (Å²) in [5.41, 5.74) is 14.6. The van der Waals surface area contributed by atoms with Gasteiger partial charge in [0.2, 0.25) is 11.8 Å². The van der Waals surface area contributed by atoms with E-state index in [2.05, 4.69) is 19.8 Å². The number of nitrogens with zero attached hydrogens (tertiary/aromatic N) is 2. The Kier molecular flexibility index (Phi) is 9.36. The molecule has 15 heteroatoms. The summed E-state index contributed by atoms with van der Waals surface area (Å²) in [5.74, 6) is 0.258. The number of anilines is 4. The first kappa shape index (κ1) is 29.7. The molecule has 0 aliphatic rings. The summed E-state index contributed by atoms with van der Waals surface area (Å²) in [6.45, 7) is 6.93. The van der Waals surface area contributed by atoms with Gasteiger partial charge in [-0.25, -0.2) is 26.3 Å². The molecule has 6 N–H and O–H groups in total. The van der Waals surface area contributed by atoms with Crippen molar-refractivity contribution in [1.29, 1.82) is 0 Å². The molecule has 37 heavy (non-hydrogen) atoms. The van der Waals surface area contributed by atoms with Gasteiger partial charge in [0.05, 0.1) is 21.2 Å². The number of benzene rings is 2. The molecule has 0 radical (unpaired) electrons. The number of rotatable bonds is 6. The first-order chi connectivity index (χ1) is 16.8. The molecule has 0 atom stereocenters. The fraction of sp³-hybridized carbons (Fsp3) is 0.182. The second-order valence-electron chi connectivity index (χ2n) is 7.79. The Labute approximate surface area is 224 Å². The van der Waals surface area contributed by atoms with E-state index < -0.39 is 20.0 Å². The molecule has 2 heterocycles. The van der Waals surface area contributed by atoms with Gasteiger partial charge in [0, 0.05) is 39.0 Å². The van der Waals surface area contributed by atoms with E-state index in [1.165, 1.54) is 48.5 Å². The quantitative estimate of drug-likeness (QED) is 0.190. The fourth-order valence-electron chi connectivity index (χ4n) is 2.68. The zero-order valence-electron chi connectivity index (χ0n) is 20.3. The number of hydrogen-bond donors (Lipinski definition) is 4. The normalized spacial score (nSPS) is 11.1. The molecular weight excluding hydrogens is 567 g/mol. The second kappa shape index (κ2) is 11.7. The van der Waals surface area contributed by atoms with Crippen molar-refractivity contribution < 1.29 is 42.4 Å². The zero-order valence-corrected chi connectivity index (χ0v) is 22.9. The van der Waals surface area contributed by atoms with Gasteiger partial charge in [-0.2, -0.15) is 0 Å². The minimum atomic E-state index is -3.68. The summed E-state index contributed by atoms with van der Waals surface area (Å²) in [5, 5.41) is 7.37. The van der Waals surface area contributed by atoms with Crippen LogP contribution in [0.25, 0.3) is 0 Å². The van der Waals surface area contributed by atoms with Crippen LogP contribution in [0, 0.1) is 27.7 Å². The van der Waals surface area contributed by atoms with Gasteiger partial charge < -0.3 is 20.5 Å². The predicted molar refractivity (Wildman–Crippen MR) is 135 cm³/mol. The minimum Gasteiger partial charge on any atom is -0.399 e. The maximum absolute atomic E-state index is 12.0. The summed E-state index contributed by atoms with van der Waals surface area (Å²) < 4.78 is 62.7. The average Bonchev–Trinajstić information content (AvgIpc) is 3.30. The van der Waals surface area contributed by atoms with Gasteiger partial charge >= 0.3 is 0 Å². The molecule has 0 bridgehead atoms. The first-order valence-corrected chi connectivity index (χ1v) is 13.4. The van der Waals surface area contributed by atoms with Crippen LogP contribution in [-0.4, -0.2) is 27.1 Å². The van der Waals surface area contributed by atoms with Crippen LogP contribution < -0.4 is 20.9 Å². The van der Waals surface area contributed by atoms with Crippen molar-refractivity contribution in [1.82, 2.24) is 10.3 Å². The van der Waals surface area contributed by atoms with E-state index in [-0.39, 0.29) is 38.1 Å². The largest absolute Gasteiger partial charge is 0.399 e. The third-order valence-corrected chi connectivity index (χ3v) is 7.84. The topological polar surface area (TPSA) is 196 Å². The van der Waals surface area contributed by atoms with E-state index in [0.29, 0.717) is 33.9 Å². The van der Waals surface area contributed by atoms with Crippen molar-refractivity contribution in [2.45, 2.75) is 37.5 Å². The van der Waals surface area contributed by atoms with Crippen molar-refractivity contribution in [3.8, 4) is 0 Å². The summed E-state index contributed by atoms with van der Waals surface area (Å²) in [6, 6.07) is 11.8. The Morgan fingerprint density at radius 1 is 0.622 bits per heavy atom. The van der Waals surface area contributed by atoms with E-state index in [1.807, 2.05) is 0 Å². The summed E-state index contributed by atoms with van der Waals surface area (Å²) in [4.78, 5) is 0.232. The van der Waals surface area contributed by atoms with Crippen LogP contribution >= 0.6 is 0 Å². The Hall–Kier alpha value is -3.55. The summed E-state index contributed by atoms with van der Waals surface area (Å²) in [7, 11) is -7.36. The number of aromatic nitrogens is 2. The van der Waals surface area contributed by atoms with Crippen molar-refractivity contribution >= 4 is 43.2 Å². The molecule has 12 nitrogen and oxygen atoms in total. The van der Waals surface area contributed by atoms with E-state index in [4.69, 9.17) is 20.5 Å². The Morgan fingerprint density at radius 2 is 0.919 bits per heavy atom. The van der Waals surface area contributed by atoms with E-state index >= 15 is 0 Å². The summed E-state index contributed by atoms with van der Waals surface area (Å²) in [6.07, 6.45) is 0. The number of hydrogen-bond acceptors (Lipinski definition) is 10. The molecule has 0 aliphatic heterocycles. The number of aryl methyl sites for hydroxylation is 2. The van der Waals surface area contributed by atoms with Crippen LogP contribution in [0.1, 0.15) is 22.5 Å². The third kappa shape index (κ3) is 7.25. The molecule has 0 unspecified atom stereocenters. The molecule has 0 saturated carbocycles. The second-order valence-corrected chi connectivity index (χ2v) is 11.2. The molecule has 4 rings (SSSR count). The van der Waals surface area contributed by atoms with Gasteiger partial charge in [0.25, 0.3) is 20.0 Å². The average molecular weight is 593 g/mol.